The zero-order valence-corrected chi connectivity index (χ0v) is 13.3. The minimum absolute atomic E-state index is 0.0340. The van der Waals surface area contributed by atoms with Crippen molar-refractivity contribution in [2.24, 2.45) is 0 Å². The number of hydrogen-bond acceptors (Lipinski definition) is 5. The van der Waals surface area contributed by atoms with Crippen LogP contribution in [-0.2, 0) is 10.0 Å². The first kappa shape index (κ1) is 17.0. The van der Waals surface area contributed by atoms with Crippen LogP contribution in [0.25, 0.3) is 0 Å². The predicted octanol–water partition coefficient (Wildman–Crippen LogP) is 1.25. The van der Waals surface area contributed by atoms with Crippen LogP contribution >= 0.6 is 11.6 Å². The second-order valence-electron chi connectivity index (χ2n) is 3.89. The van der Waals surface area contributed by atoms with Gasteiger partial charge in [-0.1, -0.05) is 18.5 Å². The van der Waals surface area contributed by atoms with E-state index in [2.05, 4.69) is 10.0 Å². The Morgan fingerprint density at radius 3 is 2.30 bits per heavy atom. The molecule has 0 fully saturated rings. The topological polar surface area (TPSA) is 76.7 Å². The van der Waals surface area contributed by atoms with E-state index in [4.69, 9.17) is 21.1 Å². The first-order chi connectivity index (χ1) is 9.46. The summed E-state index contributed by atoms with van der Waals surface area (Å²) in [6, 6.07) is 2.76. The normalized spacial score (nSPS) is 11.4. The van der Waals surface area contributed by atoms with Gasteiger partial charge >= 0.3 is 0 Å². The van der Waals surface area contributed by atoms with Gasteiger partial charge in [-0.3, -0.25) is 0 Å². The lowest BCUT2D eigenvalue weighted by Gasteiger charge is -2.13. The van der Waals surface area contributed by atoms with Crippen molar-refractivity contribution >= 4 is 21.6 Å². The van der Waals surface area contributed by atoms with E-state index < -0.39 is 10.0 Å². The summed E-state index contributed by atoms with van der Waals surface area (Å²) < 4.78 is 36.9. The number of methoxy groups -OCH3 is 2. The molecular weight excluding hydrogens is 304 g/mol. The molecular formula is C12H19ClN2O4S. The average Bonchev–Trinajstić information content (AvgIpc) is 2.43. The molecule has 0 saturated carbocycles. The third-order valence-electron chi connectivity index (χ3n) is 2.57. The lowest BCUT2D eigenvalue weighted by Crippen LogP contribution is -2.32. The van der Waals surface area contributed by atoms with Crippen molar-refractivity contribution in [2.75, 3.05) is 33.9 Å². The number of nitrogens with one attached hydrogen (secondary N) is 2. The number of halogens is 1. The van der Waals surface area contributed by atoms with Gasteiger partial charge in [0, 0.05) is 25.2 Å². The van der Waals surface area contributed by atoms with E-state index in [0.717, 1.165) is 6.54 Å². The number of benzene rings is 1. The highest BCUT2D eigenvalue weighted by Crippen LogP contribution is 2.35. The van der Waals surface area contributed by atoms with E-state index in [1.54, 1.807) is 0 Å². The first-order valence-electron chi connectivity index (χ1n) is 6.08. The molecule has 0 unspecified atom stereocenters. The molecule has 0 radical (unpaired) electrons. The van der Waals surface area contributed by atoms with Crippen molar-refractivity contribution in [1.29, 1.82) is 0 Å². The van der Waals surface area contributed by atoms with Gasteiger partial charge in [0.25, 0.3) is 0 Å². The standard InChI is InChI=1S/C12H19ClN2O4S/c1-4-14-5-6-15-20(16,17)12-8-11(19-3)10(18-2)7-9(12)13/h7-8,14-15H,4-6H2,1-3H3. The molecule has 2 N–H and O–H groups in total. The van der Waals surface area contributed by atoms with Crippen LogP contribution in [0.2, 0.25) is 5.02 Å². The summed E-state index contributed by atoms with van der Waals surface area (Å²) in [4.78, 5) is -0.0340. The zero-order chi connectivity index (χ0) is 15.2. The Labute approximate surface area is 124 Å². The maximum absolute atomic E-state index is 12.2. The van der Waals surface area contributed by atoms with E-state index in [-0.39, 0.29) is 16.5 Å². The van der Waals surface area contributed by atoms with Crippen molar-refractivity contribution in [3.05, 3.63) is 17.2 Å². The summed E-state index contributed by atoms with van der Waals surface area (Å²) in [5.41, 5.74) is 0. The quantitative estimate of drug-likeness (QED) is 0.704. The Hall–Kier alpha value is -1.02. The van der Waals surface area contributed by atoms with E-state index in [9.17, 15) is 8.42 Å². The SMILES string of the molecule is CCNCCNS(=O)(=O)c1cc(OC)c(OC)cc1Cl. The summed E-state index contributed by atoms with van der Waals surface area (Å²) in [7, 11) is -0.800. The molecule has 8 heteroatoms. The van der Waals surface area contributed by atoms with Gasteiger partial charge in [-0.05, 0) is 6.54 Å². The Morgan fingerprint density at radius 1 is 1.15 bits per heavy atom. The molecule has 6 nitrogen and oxygen atoms in total. The molecule has 0 bridgehead atoms. The van der Waals surface area contributed by atoms with Crippen molar-refractivity contribution in [2.45, 2.75) is 11.8 Å². The average molecular weight is 323 g/mol. The molecule has 0 aliphatic heterocycles. The Bertz CT molecular complexity index is 549. The van der Waals surface area contributed by atoms with Crippen molar-refractivity contribution < 1.29 is 17.9 Å². The number of sulfonamides is 1. The lowest BCUT2D eigenvalue weighted by atomic mass is 10.3. The highest BCUT2D eigenvalue weighted by Gasteiger charge is 2.20. The van der Waals surface area contributed by atoms with Gasteiger partial charge in [0.15, 0.2) is 11.5 Å². The smallest absolute Gasteiger partial charge is 0.242 e. The van der Waals surface area contributed by atoms with Gasteiger partial charge in [0.2, 0.25) is 10.0 Å². The fourth-order valence-corrected chi connectivity index (χ4v) is 3.13. The second kappa shape index (κ2) is 7.68. The van der Waals surface area contributed by atoms with Crippen LogP contribution in [0.5, 0.6) is 11.5 Å². The fourth-order valence-electron chi connectivity index (χ4n) is 1.57. The molecule has 1 aromatic carbocycles. The van der Waals surface area contributed by atoms with Crippen LogP contribution in [0, 0.1) is 0 Å². The summed E-state index contributed by atoms with van der Waals surface area (Å²) in [6.45, 7) is 3.54. The van der Waals surface area contributed by atoms with E-state index in [1.807, 2.05) is 6.92 Å². The van der Waals surface area contributed by atoms with Crippen LogP contribution in [0.4, 0.5) is 0 Å². The van der Waals surface area contributed by atoms with Gasteiger partial charge in [-0.15, -0.1) is 0 Å². The van der Waals surface area contributed by atoms with Crippen LogP contribution in [0.1, 0.15) is 6.92 Å². The summed E-state index contributed by atoms with van der Waals surface area (Å²) in [5.74, 6) is 0.688. The monoisotopic (exact) mass is 322 g/mol. The molecule has 0 amide bonds. The minimum atomic E-state index is -3.69. The third-order valence-corrected chi connectivity index (χ3v) is 4.50. The molecule has 114 valence electrons. The molecule has 0 atom stereocenters. The molecule has 0 spiro atoms. The zero-order valence-electron chi connectivity index (χ0n) is 11.7. The van der Waals surface area contributed by atoms with Crippen molar-refractivity contribution in [1.82, 2.24) is 10.0 Å². The molecule has 0 aromatic heterocycles. The first-order valence-corrected chi connectivity index (χ1v) is 7.94. The molecule has 0 aliphatic carbocycles. The third kappa shape index (κ3) is 4.24. The maximum Gasteiger partial charge on any atom is 0.242 e. The van der Waals surface area contributed by atoms with Crippen LogP contribution < -0.4 is 19.5 Å². The number of rotatable bonds is 8. The summed E-state index contributed by atoms with van der Waals surface area (Å²) in [6.07, 6.45) is 0. The van der Waals surface area contributed by atoms with Gasteiger partial charge in [0.1, 0.15) is 4.90 Å². The molecule has 0 aliphatic rings. The summed E-state index contributed by atoms with van der Waals surface area (Å²) in [5, 5.41) is 3.11. The number of likely N-dealkylation sites (N-methyl/N-ethyl adjacent to an activating group) is 1. The Morgan fingerprint density at radius 2 is 1.75 bits per heavy atom. The van der Waals surface area contributed by atoms with Gasteiger partial charge in [0.05, 0.1) is 19.2 Å². The number of ether oxygens (including phenoxy) is 2. The highest BCUT2D eigenvalue weighted by atomic mass is 35.5. The van der Waals surface area contributed by atoms with E-state index in [0.29, 0.717) is 18.0 Å². The lowest BCUT2D eigenvalue weighted by molar-refractivity contribution is 0.354. The summed E-state index contributed by atoms with van der Waals surface area (Å²) >= 11 is 5.99. The minimum Gasteiger partial charge on any atom is -0.493 e. The van der Waals surface area contributed by atoms with Gasteiger partial charge < -0.3 is 14.8 Å². The number of hydrogen-bond donors (Lipinski definition) is 2. The van der Waals surface area contributed by atoms with E-state index in [1.165, 1.54) is 26.4 Å². The van der Waals surface area contributed by atoms with Gasteiger partial charge in [-0.2, -0.15) is 0 Å². The fraction of sp³-hybridized carbons (Fsp3) is 0.500. The van der Waals surface area contributed by atoms with E-state index >= 15 is 0 Å². The van der Waals surface area contributed by atoms with Crippen LogP contribution in [-0.4, -0.2) is 42.3 Å². The van der Waals surface area contributed by atoms with Crippen molar-refractivity contribution in [3.63, 3.8) is 0 Å². The molecule has 1 aromatic rings. The second-order valence-corrected chi connectivity index (χ2v) is 6.03. The largest absolute Gasteiger partial charge is 0.493 e. The Balaban J connectivity index is 2.99. The molecule has 0 saturated heterocycles. The Kier molecular flexibility index (Phi) is 6.54. The molecule has 20 heavy (non-hydrogen) atoms. The maximum atomic E-state index is 12.2. The predicted molar refractivity (Wildman–Crippen MR) is 78.3 cm³/mol. The highest BCUT2D eigenvalue weighted by molar-refractivity contribution is 7.89. The molecule has 1 rings (SSSR count). The van der Waals surface area contributed by atoms with Crippen molar-refractivity contribution in [3.8, 4) is 11.5 Å². The van der Waals surface area contributed by atoms with Gasteiger partial charge in [-0.25, -0.2) is 13.1 Å². The van der Waals surface area contributed by atoms with Crippen LogP contribution in [0.15, 0.2) is 17.0 Å². The van der Waals surface area contributed by atoms with Crippen LogP contribution in [0.3, 0.4) is 0 Å². The molecule has 0 heterocycles.